The molecule has 3 aromatic rings. The Hall–Kier alpha value is -2.58. The minimum Gasteiger partial charge on any atom is -0.487 e. The molecule has 1 atom stereocenters. The SMILES string of the molecule is C[n+]1cccc(CC(c2ccc(OC(F)F)c(OC3CCC3)c2)c2cnc(C(C)(C)O)s2)c1. The first kappa shape index (κ1) is 23.6. The normalized spacial score (nSPS) is 15.4. The van der Waals surface area contributed by atoms with E-state index in [1.165, 1.54) is 11.3 Å². The van der Waals surface area contributed by atoms with Gasteiger partial charge in [-0.25, -0.2) is 9.55 Å². The van der Waals surface area contributed by atoms with Crippen molar-refractivity contribution in [3.8, 4) is 11.5 Å². The van der Waals surface area contributed by atoms with Gasteiger partial charge in [-0.3, -0.25) is 0 Å². The molecule has 1 aromatic carbocycles. The minimum atomic E-state index is -2.92. The van der Waals surface area contributed by atoms with Crippen LogP contribution in [0.2, 0.25) is 0 Å². The third-order valence-electron chi connectivity index (χ3n) is 5.76. The van der Waals surface area contributed by atoms with Gasteiger partial charge in [-0.2, -0.15) is 8.78 Å². The first-order valence-corrected chi connectivity index (χ1v) is 11.9. The van der Waals surface area contributed by atoms with E-state index in [0.29, 0.717) is 17.2 Å². The lowest BCUT2D eigenvalue weighted by Gasteiger charge is -2.28. The molecule has 33 heavy (non-hydrogen) atoms. The molecule has 1 aliphatic rings. The van der Waals surface area contributed by atoms with Crippen molar-refractivity contribution in [1.82, 2.24) is 4.98 Å². The molecule has 1 saturated carbocycles. The van der Waals surface area contributed by atoms with Crippen molar-refractivity contribution < 1.29 is 27.9 Å². The first-order valence-electron chi connectivity index (χ1n) is 11.1. The Balaban J connectivity index is 1.73. The van der Waals surface area contributed by atoms with E-state index in [2.05, 4.69) is 17.2 Å². The van der Waals surface area contributed by atoms with Gasteiger partial charge < -0.3 is 14.6 Å². The van der Waals surface area contributed by atoms with Gasteiger partial charge in [0.1, 0.15) is 17.7 Å². The zero-order chi connectivity index (χ0) is 23.6. The highest BCUT2D eigenvalue weighted by Gasteiger charge is 2.27. The summed E-state index contributed by atoms with van der Waals surface area (Å²) in [7, 11) is 1.97. The highest BCUT2D eigenvalue weighted by molar-refractivity contribution is 7.11. The Bertz CT molecular complexity index is 1090. The minimum absolute atomic E-state index is 0.0251. The highest BCUT2D eigenvalue weighted by Crippen LogP contribution is 2.40. The number of pyridine rings is 1. The van der Waals surface area contributed by atoms with Crippen molar-refractivity contribution in [2.24, 2.45) is 7.05 Å². The van der Waals surface area contributed by atoms with Crippen LogP contribution in [0.1, 0.15) is 60.0 Å². The molecule has 8 heteroatoms. The number of aromatic nitrogens is 2. The molecule has 5 nitrogen and oxygen atoms in total. The Morgan fingerprint density at radius 1 is 1.24 bits per heavy atom. The quantitative estimate of drug-likeness (QED) is 0.438. The molecule has 0 saturated heterocycles. The molecule has 1 aliphatic carbocycles. The van der Waals surface area contributed by atoms with Gasteiger partial charge in [-0.1, -0.05) is 6.07 Å². The van der Waals surface area contributed by atoms with E-state index in [9.17, 15) is 13.9 Å². The van der Waals surface area contributed by atoms with Gasteiger partial charge in [0.2, 0.25) is 0 Å². The summed E-state index contributed by atoms with van der Waals surface area (Å²) >= 11 is 1.46. The summed E-state index contributed by atoms with van der Waals surface area (Å²) in [4.78, 5) is 5.43. The Morgan fingerprint density at radius 2 is 2.03 bits per heavy atom. The summed E-state index contributed by atoms with van der Waals surface area (Å²) in [6.07, 6.45) is 9.42. The molecule has 4 rings (SSSR count). The standard InChI is InChI=1S/C25H29F2N2O3S/c1-25(2,30)23-28-14-22(33-23)19(12-16-6-5-11-29(3)15-16)17-9-10-20(32-24(26)27)21(13-17)31-18-7-4-8-18/h5-6,9-11,13-15,18-19,24,30H,4,7-8,12H2,1-3H3/q+1. The smallest absolute Gasteiger partial charge is 0.387 e. The molecule has 0 radical (unpaired) electrons. The maximum absolute atomic E-state index is 13.0. The van der Waals surface area contributed by atoms with Gasteiger partial charge in [-0.15, -0.1) is 11.3 Å². The van der Waals surface area contributed by atoms with Crippen molar-refractivity contribution in [2.45, 2.75) is 63.8 Å². The summed E-state index contributed by atoms with van der Waals surface area (Å²) in [5, 5.41) is 11.0. The van der Waals surface area contributed by atoms with Crippen molar-refractivity contribution in [1.29, 1.82) is 0 Å². The van der Waals surface area contributed by atoms with Crippen LogP contribution < -0.4 is 14.0 Å². The molecule has 1 N–H and O–H groups in total. The van der Waals surface area contributed by atoms with Gasteiger partial charge in [0.05, 0.1) is 6.10 Å². The number of aryl methyl sites for hydroxylation is 1. The predicted molar refractivity (Wildman–Crippen MR) is 122 cm³/mol. The summed E-state index contributed by atoms with van der Waals surface area (Å²) in [6, 6.07) is 9.23. The molecule has 0 bridgehead atoms. The largest absolute Gasteiger partial charge is 0.487 e. The van der Waals surface area contributed by atoms with Gasteiger partial charge >= 0.3 is 6.61 Å². The Labute approximate surface area is 196 Å². The molecule has 0 aliphatic heterocycles. The number of rotatable bonds is 9. The summed E-state index contributed by atoms with van der Waals surface area (Å²) in [5.74, 6) is 0.297. The van der Waals surface area contributed by atoms with Crippen molar-refractivity contribution in [3.63, 3.8) is 0 Å². The molecule has 1 unspecified atom stereocenters. The lowest BCUT2D eigenvalue weighted by atomic mass is 9.91. The maximum Gasteiger partial charge on any atom is 0.387 e. The number of ether oxygens (including phenoxy) is 2. The van der Waals surface area contributed by atoms with E-state index < -0.39 is 12.2 Å². The predicted octanol–water partition coefficient (Wildman–Crippen LogP) is 5.10. The van der Waals surface area contributed by atoms with Gasteiger partial charge in [0, 0.05) is 28.6 Å². The second-order valence-corrected chi connectivity index (χ2v) is 10.1. The van der Waals surface area contributed by atoms with Crippen LogP contribution >= 0.6 is 11.3 Å². The summed E-state index contributed by atoms with van der Waals surface area (Å²) in [6.45, 7) is 0.502. The maximum atomic E-state index is 13.0. The lowest BCUT2D eigenvalue weighted by molar-refractivity contribution is -0.671. The van der Waals surface area contributed by atoms with Crippen molar-refractivity contribution in [2.75, 3.05) is 0 Å². The van der Waals surface area contributed by atoms with E-state index in [0.717, 1.165) is 35.3 Å². The molecule has 0 spiro atoms. The number of nitrogens with zero attached hydrogens (tertiary/aromatic N) is 2. The van der Waals surface area contributed by atoms with E-state index in [4.69, 9.17) is 9.47 Å². The fraction of sp³-hybridized carbons (Fsp3) is 0.440. The number of alkyl halides is 2. The third kappa shape index (κ3) is 5.86. The monoisotopic (exact) mass is 475 g/mol. The fourth-order valence-electron chi connectivity index (χ4n) is 3.81. The number of halogens is 2. The van der Waals surface area contributed by atoms with Crippen LogP contribution in [0.5, 0.6) is 11.5 Å². The van der Waals surface area contributed by atoms with Crippen molar-refractivity contribution >= 4 is 11.3 Å². The van der Waals surface area contributed by atoms with E-state index in [-0.39, 0.29) is 17.8 Å². The van der Waals surface area contributed by atoms with Crippen LogP contribution in [-0.4, -0.2) is 22.8 Å². The van der Waals surface area contributed by atoms with Gasteiger partial charge in [0.25, 0.3) is 0 Å². The number of aliphatic hydroxyl groups is 1. The van der Waals surface area contributed by atoms with Crippen LogP contribution in [0.3, 0.4) is 0 Å². The van der Waals surface area contributed by atoms with Crippen LogP contribution in [0.4, 0.5) is 8.78 Å². The molecular formula is C25H29F2N2O3S+. The number of benzene rings is 1. The molecular weight excluding hydrogens is 446 g/mol. The number of hydrogen-bond donors (Lipinski definition) is 1. The molecule has 2 heterocycles. The fourth-order valence-corrected chi connectivity index (χ4v) is 4.86. The second-order valence-electron chi connectivity index (χ2n) is 9.02. The molecule has 1 fully saturated rings. The average Bonchev–Trinajstić information content (AvgIpc) is 3.20. The van der Waals surface area contributed by atoms with E-state index in [1.54, 1.807) is 26.1 Å². The summed E-state index contributed by atoms with van der Waals surface area (Å²) in [5.41, 5.74) is 1.00. The zero-order valence-corrected chi connectivity index (χ0v) is 19.8. The van der Waals surface area contributed by atoms with Crippen LogP contribution in [0, 0.1) is 0 Å². The van der Waals surface area contributed by atoms with Gasteiger partial charge in [-0.05, 0) is 63.3 Å². The Morgan fingerprint density at radius 3 is 2.64 bits per heavy atom. The summed E-state index contributed by atoms with van der Waals surface area (Å²) < 4.78 is 38.7. The van der Waals surface area contributed by atoms with E-state index >= 15 is 0 Å². The molecule has 0 amide bonds. The van der Waals surface area contributed by atoms with Gasteiger partial charge in [0.15, 0.2) is 23.9 Å². The average molecular weight is 476 g/mol. The lowest BCUT2D eigenvalue weighted by Crippen LogP contribution is -2.27. The molecule has 176 valence electrons. The first-order chi connectivity index (χ1) is 15.7. The number of hydrogen-bond acceptors (Lipinski definition) is 5. The highest BCUT2D eigenvalue weighted by atomic mass is 32.1. The van der Waals surface area contributed by atoms with Crippen LogP contribution in [0.25, 0.3) is 0 Å². The van der Waals surface area contributed by atoms with Crippen LogP contribution in [-0.2, 0) is 19.1 Å². The Kier molecular flexibility index (Phi) is 6.95. The van der Waals surface area contributed by atoms with Crippen LogP contribution in [0.15, 0.2) is 48.9 Å². The van der Waals surface area contributed by atoms with Crippen molar-refractivity contribution in [3.05, 3.63) is 69.9 Å². The topological polar surface area (TPSA) is 55.5 Å². The third-order valence-corrected chi connectivity index (χ3v) is 7.19. The second kappa shape index (κ2) is 9.73. The van der Waals surface area contributed by atoms with E-state index in [1.807, 2.05) is 36.0 Å². The number of thiazole rings is 1. The zero-order valence-electron chi connectivity index (χ0n) is 19.0. The molecule has 2 aromatic heterocycles.